The van der Waals surface area contributed by atoms with Gasteiger partial charge in [-0.25, -0.2) is 9.37 Å². The van der Waals surface area contributed by atoms with Gasteiger partial charge in [0.25, 0.3) is 0 Å². The Bertz CT molecular complexity index is 572. The van der Waals surface area contributed by atoms with Crippen LogP contribution in [0.25, 0.3) is 11.0 Å². The van der Waals surface area contributed by atoms with Crippen LogP contribution in [0.5, 0.6) is 0 Å². The van der Waals surface area contributed by atoms with Gasteiger partial charge in [-0.15, -0.1) is 0 Å². The highest BCUT2D eigenvalue weighted by atomic mass is 19.1. The first-order valence-corrected chi connectivity index (χ1v) is 6.61. The van der Waals surface area contributed by atoms with Gasteiger partial charge >= 0.3 is 0 Å². The van der Waals surface area contributed by atoms with E-state index in [0.717, 1.165) is 42.5 Å². The molecular formula is C14H18FN3. The molecule has 1 heterocycles. The maximum absolute atomic E-state index is 13.4. The van der Waals surface area contributed by atoms with E-state index in [4.69, 9.17) is 5.73 Å². The van der Waals surface area contributed by atoms with Crippen molar-refractivity contribution in [2.75, 3.05) is 0 Å². The number of nitrogens with zero attached hydrogens (tertiary/aromatic N) is 2. The molecule has 1 unspecified atom stereocenters. The van der Waals surface area contributed by atoms with Gasteiger partial charge in [-0.1, -0.05) is 6.92 Å². The van der Waals surface area contributed by atoms with Crippen LogP contribution in [0.2, 0.25) is 0 Å². The summed E-state index contributed by atoms with van der Waals surface area (Å²) in [5.41, 5.74) is 7.81. The normalized spacial score (nSPS) is 17.3. The monoisotopic (exact) mass is 247 g/mol. The highest BCUT2D eigenvalue weighted by Crippen LogP contribution is 2.39. The summed E-state index contributed by atoms with van der Waals surface area (Å²) in [5, 5.41) is 0. The Morgan fingerprint density at radius 2 is 2.28 bits per heavy atom. The molecule has 1 aromatic heterocycles. The molecule has 1 saturated carbocycles. The number of hydrogen-bond acceptors (Lipinski definition) is 2. The Labute approximate surface area is 106 Å². The van der Waals surface area contributed by atoms with Crippen LogP contribution in [0, 0.1) is 5.82 Å². The first-order valence-electron chi connectivity index (χ1n) is 6.61. The number of hydrogen-bond donors (Lipinski definition) is 1. The van der Waals surface area contributed by atoms with E-state index in [1.165, 1.54) is 6.07 Å². The van der Waals surface area contributed by atoms with Gasteiger partial charge < -0.3 is 10.3 Å². The molecule has 1 fully saturated rings. The lowest BCUT2D eigenvalue weighted by Gasteiger charge is -2.11. The van der Waals surface area contributed by atoms with Crippen LogP contribution < -0.4 is 5.73 Å². The molecule has 1 aliphatic rings. The molecule has 0 radical (unpaired) electrons. The summed E-state index contributed by atoms with van der Waals surface area (Å²) in [6.45, 7) is 2.08. The van der Waals surface area contributed by atoms with Crippen LogP contribution in [-0.4, -0.2) is 15.6 Å². The zero-order valence-electron chi connectivity index (χ0n) is 10.6. The second kappa shape index (κ2) is 4.35. The smallest absolute Gasteiger partial charge is 0.125 e. The number of benzene rings is 1. The van der Waals surface area contributed by atoms with Crippen molar-refractivity contribution in [1.82, 2.24) is 9.55 Å². The van der Waals surface area contributed by atoms with E-state index in [2.05, 4.69) is 16.5 Å². The molecule has 18 heavy (non-hydrogen) atoms. The second-order valence-electron chi connectivity index (χ2n) is 5.13. The largest absolute Gasteiger partial charge is 0.327 e. The highest BCUT2D eigenvalue weighted by Gasteiger charge is 2.28. The zero-order valence-corrected chi connectivity index (χ0v) is 10.6. The molecule has 1 aromatic carbocycles. The van der Waals surface area contributed by atoms with Gasteiger partial charge in [-0.3, -0.25) is 0 Å². The van der Waals surface area contributed by atoms with Gasteiger partial charge in [0.15, 0.2) is 0 Å². The minimum atomic E-state index is -0.198. The van der Waals surface area contributed by atoms with Crippen LogP contribution in [0.4, 0.5) is 4.39 Å². The summed E-state index contributed by atoms with van der Waals surface area (Å²) in [7, 11) is 0. The molecule has 1 atom stereocenters. The number of aromatic nitrogens is 2. The Kier molecular flexibility index (Phi) is 2.82. The van der Waals surface area contributed by atoms with Crippen molar-refractivity contribution in [3.05, 3.63) is 29.8 Å². The SMILES string of the molecule is CCC(N)Cc1nc2ccc(F)cc2n1C1CC1. The molecule has 0 saturated heterocycles. The molecule has 0 bridgehead atoms. The molecule has 0 aliphatic heterocycles. The molecule has 3 rings (SSSR count). The van der Waals surface area contributed by atoms with E-state index in [0.29, 0.717) is 6.04 Å². The van der Waals surface area contributed by atoms with Gasteiger partial charge in [0.05, 0.1) is 11.0 Å². The lowest BCUT2D eigenvalue weighted by atomic mass is 10.1. The molecule has 2 N–H and O–H groups in total. The van der Waals surface area contributed by atoms with Crippen LogP contribution in [0.1, 0.15) is 38.1 Å². The van der Waals surface area contributed by atoms with Crippen molar-refractivity contribution >= 4 is 11.0 Å². The Balaban J connectivity index is 2.09. The third-order valence-corrected chi connectivity index (χ3v) is 3.61. The van der Waals surface area contributed by atoms with Gasteiger partial charge in [0.2, 0.25) is 0 Å². The predicted octanol–water partition coefficient (Wildman–Crippen LogP) is 2.79. The summed E-state index contributed by atoms with van der Waals surface area (Å²) in [4.78, 5) is 4.62. The average molecular weight is 247 g/mol. The molecule has 0 amide bonds. The van der Waals surface area contributed by atoms with Crippen LogP contribution in [-0.2, 0) is 6.42 Å². The quantitative estimate of drug-likeness (QED) is 0.902. The van der Waals surface area contributed by atoms with E-state index in [1.807, 2.05) is 0 Å². The van der Waals surface area contributed by atoms with Crippen LogP contribution in [0.15, 0.2) is 18.2 Å². The van der Waals surface area contributed by atoms with E-state index in [9.17, 15) is 4.39 Å². The topological polar surface area (TPSA) is 43.8 Å². The number of imidazole rings is 1. The average Bonchev–Trinajstić information content (AvgIpc) is 3.12. The van der Waals surface area contributed by atoms with Crippen LogP contribution in [0.3, 0.4) is 0 Å². The van der Waals surface area contributed by atoms with Crippen LogP contribution >= 0.6 is 0 Å². The number of halogens is 1. The van der Waals surface area contributed by atoms with Gasteiger partial charge in [0.1, 0.15) is 11.6 Å². The number of nitrogens with two attached hydrogens (primary N) is 1. The Hall–Kier alpha value is -1.42. The summed E-state index contributed by atoms with van der Waals surface area (Å²) in [6, 6.07) is 5.43. The fourth-order valence-corrected chi connectivity index (χ4v) is 2.38. The highest BCUT2D eigenvalue weighted by molar-refractivity contribution is 5.76. The first kappa shape index (κ1) is 11.7. The van der Waals surface area contributed by atoms with Gasteiger partial charge in [0, 0.05) is 18.5 Å². The summed E-state index contributed by atoms with van der Waals surface area (Å²) < 4.78 is 15.6. The molecule has 0 spiro atoms. The van der Waals surface area contributed by atoms with E-state index < -0.39 is 0 Å². The minimum absolute atomic E-state index is 0.129. The Morgan fingerprint density at radius 3 is 2.94 bits per heavy atom. The van der Waals surface area contributed by atoms with Gasteiger partial charge in [-0.2, -0.15) is 0 Å². The third-order valence-electron chi connectivity index (χ3n) is 3.61. The van der Waals surface area contributed by atoms with E-state index >= 15 is 0 Å². The standard InChI is InChI=1S/C14H18FN3/c1-2-10(16)8-14-17-12-6-3-9(15)7-13(12)18(14)11-4-5-11/h3,6-7,10-11H,2,4-5,8,16H2,1H3. The fourth-order valence-electron chi connectivity index (χ4n) is 2.38. The maximum atomic E-state index is 13.4. The van der Waals surface area contributed by atoms with Crippen molar-refractivity contribution in [3.8, 4) is 0 Å². The molecule has 2 aromatic rings. The number of fused-ring (bicyclic) bond motifs is 1. The third kappa shape index (κ3) is 2.01. The lowest BCUT2D eigenvalue weighted by molar-refractivity contribution is 0.591. The van der Waals surface area contributed by atoms with Crippen molar-refractivity contribution in [2.24, 2.45) is 5.73 Å². The molecular weight excluding hydrogens is 229 g/mol. The van der Waals surface area contributed by atoms with E-state index in [-0.39, 0.29) is 11.9 Å². The first-order chi connectivity index (χ1) is 8.69. The predicted molar refractivity (Wildman–Crippen MR) is 69.9 cm³/mol. The minimum Gasteiger partial charge on any atom is -0.327 e. The summed E-state index contributed by atoms with van der Waals surface area (Å²) in [5.74, 6) is 0.808. The fraction of sp³-hybridized carbons (Fsp3) is 0.500. The zero-order chi connectivity index (χ0) is 12.7. The van der Waals surface area contributed by atoms with Crippen molar-refractivity contribution < 1.29 is 4.39 Å². The molecule has 1 aliphatic carbocycles. The van der Waals surface area contributed by atoms with E-state index in [1.54, 1.807) is 12.1 Å². The van der Waals surface area contributed by atoms with Crippen molar-refractivity contribution in [3.63, 3.8) is 0 Å². The summed E-state index contributed by atoms with van der Waals surface area (Å²) >= 11 is 0. The van der Waals surface area contributed by atoms with Crippen molar-refractivity contribution in [1.29, 1.82) is 0 Å². The van der Waals surface area contributed by atoms with Gasteiger partial charge in [-0.05, 0) is 37.5 Å². The molecule has 4 heteroatoms. The van der Waals surface area contributed by atoms with Crippen molar-refractivity contribution in [2.45, 2.75) is 44.7 Å². The second-order valence-corrected chi connectivity index (χ2v) is 5.13. The molecule has 96 valence electrons. The molecule has 3 nitrogen and oxygen atoms in total. The summed E-state index contributed by atoms with van der Waals surface area (Å²) in [6.07, 6.45) is 4.03. The maximum Gasteiger partial charge on any atom is 0.125 e. The lowest BCUT2D eigenvalue weighted by Crippen LogP contribution is -2.23. The number of rotatable bonds is 4. The Morgan fingerprint density at radius 1 is 1.50 bits per heavy atom.